The Kier molecular flexibility index (Phi) is 2.79. The zero-order valence-corrected chi connectivity index (χ0v) is 11.4. The van der Waals surface area contributed by atoms with Crippen LogP contribution in [0.2, 0.25) is 0 Å². The van der Waals surface area contributed by atoms with E-state index in [0.717, 1.165) is 11.2 Å². The van der Waals surface area contributed by atoms with E-state index in [0.29, 0.717) is 10.5 Å². The first-order valence-electron chi connectivity index (χ1n) is 5.78. The number of fused-ring (bicyclic) bond motifs is 1. The lowest BCUT2D eigenvalue weighted by molar-refractivity contribution is 0.0993. The number of carbonyl (C=O) groups is 1. The van der Waals surface area contributed by atoms with E-state index in [1.54, 1.807) is 6.20 Å². The number of hydrogen-bond donors (Lipinski definition) is 0. The number of amides is 1. The summed E-state index contributed by atoms with van der Waals surface area (Å²) in [5.74, 6) is -0.320. The maximum Gasteiger partial charge on any atom is 0.299 e. The highest BCUT2D eigenvalue weighted by molar-refractivity contribution is 7.07. The molecule has 3 rings (SSSR count). The van der Waals surface area contributed by atoms with Crippen LogP contribution in [0.3, 0.4) is 0 Å². The molecule has 96 valence electrons. The summed E-state index contributed by atoms with van der Waals surface area (Å²) in [6, 6.07) is 3.90. The van der Waals surface area contributed by atoms with E-state index in [9.17, 15) is 4.79 Å². The topological polar surface area (TPSA) is 51.7 Å². The molecular weight excluding hydrogens is 260 g/mol. The molecule has 0 saturated carbocycles. The summed E-state index contributed by atoms with van der Waals surface area (Å²) in [6.07, 6.45) is 5.46. The molecule has 0 atom stereocenters. The number of rotatable bonds is 1. The number of aromatic nitrogens is 3. The number of hydrogen-bond acceptors (Lipinski definition) is 3. The van der Waals surface area contributed by atoms with Gasteiger partial charge in [0.25, 0.3) is 5.91 Å². The second-order valence-electron chi connectivity index (χ2n) is 4.31. The summed E-state index contributed by atoms with van der Waals surface area (Å²) in [7, 11) is 1.86. The van der Waals surface area contributed by atoms with Gasteiger partial charge in [-0.1, -0.05) is 0 Å². The van der Waals surface area contributed by atoms with Crippen molar-refractivity contribution in [2.45, 2.75) is 6.92 Å². The van der Waals surface area contributed by atoms with Gasteiger partial charge in [0.1, 0.15) is 11.3 Å². The molecule has 6 heteroatoms. The molecule has 0 bridgehead atoms. The van der Waals surface area contributed by atoms with Crippen LogP contribution in [0.1, 0.15) is 16.1 Å². The molecule has 0 radical (unpaired) electrons. The molecule has 0 aliphatic heterocycles. The lowest BCUT2D eigenvalue weighted by atomic mass is 10.3. The summed E-state index contributed by atoms with van der Waals surface area (Å²) < 4.78 is 3.63. The minimum Gasteiger partial charge on any atom is -0.327 e. The van der Waals surface area contributed by atoms with Crippen LogP contribution in [-0.4, -0.2) is 19.9 Å². The third kappa shape index (κ3) is 2.22. The van der Waals surface area contributed by atoms with Crippen molar-refractivity contribution in [3.63, 3.8) is 0 Å². The van der Waals surface area contributed by atoms with E-state index < -0.39 is 0 Å². The van der Waals surface area contributed by atoms with Crippen molar-refractivity contribution in [2.24, 2.45) is 12.0 Å². The first-order valence-corrected chi connectivity index (χ1v) is 6.66. The van der Waals surface area contributed by atoms with Crippen molar-refractivity contribution >= 4 is 22.9 Å². The Morgan fingerprint density at radius 3 is 3.00 bits per heavy atom. The summed E-state index contributed by atoms with van der Waals surface area (Å²) in [6.45, 7) is 1.99. The fraction of sp³-hybridized carbons (Fsp3) is 0.154. The molecule has 5 nitrogen and oxygen atoms in total. The first-order chi connectivity index (χ1) is 9.13. The van der Waals surface area contributed by atoms with Gasteiger partial charge in [-0.15, -0.1) is 11.3 Å². The predicted octanol–water partition coefficient (Wildman–Crippen LogP) is 1.78. The van der Waals surface area contributed by atoms with Gasteiger partial charge < -0.3 is 8.97 Å². The monoisotopic (exact) mass is 272 g/mol. The number of carbonyl (C=O) groups excluding carboxylic acids is 1. The van der Waals surface area contributed by atoms with E-state index >= 15 is 0 Å². The molecule has 0 spiro atoms. The smallest absolute Gasteiger partial charge is 0.299 e. The van der Waals surface area contributed by atoms with Crippen LogP contribution in [0.4, 0.5) is 0 Å². The van der Waals surface area contributed by atoms with Gasteiger partial charge in [0, 0.05) is 31.0 Å². The molecule has 0 aromatic carbocycles. The summed E-state index contributed by atoms with van der Waals surface area (Å²) in [5.41, 5.74) is 2.23. The number of aryl methyl sites for hydroxylation is 2. The molecule has 0 N–H and O–H groups in total. The third-order valence-corrected chi connectivity index (χ3v) is 3.64. The number of imidazole rings is 1. The van der Waals surface area contributed by atoms with Gasteiger partial charge in [0.2, 0.25) is 0 Å². The molecule has 0 unspecified atom stereocenters. The molecule has 19 heavy (non-hydrogen) atoms. The molecule has 0 aliphatic carbocycles. The van der Waals surface area contributed by atoms with E-state index in [1.165, 1.54) is 11.3 Å². The molecule has 3 aromatic rings. The largest absolute Gasteiger partial charge is 0.327 e. The maximum atomic E-state index is 12.1. The van der Waals surface area contributed by atoms with Crippen molar-refractivity contribution in [3.05, 3.63) is 52.2 Å². The Labute approximate surface area is 113 Å². The second kappa shape index (κ2) is 4.47. The van der Waals surface area contributed by atoms with Gasteiger partial charge in [-0.25, -0.2) is 4.98 Å². The van der Waals surface area contributed by atoms with Crippen molar-refractivity contribution in [3.8, 4) is 0 Å². The van der Waals surface area contributed by atoms with Gasteiger partial charge in [-0.3, -0.25) is 4.79 Å². The van der Waals surface area contributed by atoms with Gasteiger partial charge in [-0.2, -0.15) is 4.99 Å². The van der Waals surface area contributed by atoms with E-state index in [1.807, 2.05) is 52.8 Å². The van der Waals surface area contributed by atoms with Crippen LogP contribution in [0.25, 0.3) is 5.65 Å². The van der Waals surface area contributed by atoms with Crippen LogP contribution in [-0.2, 0) is 7.05 Å². The molecule has 0 saturated heterocycles. The van der Waals surface area contributed by atoms with Crippen LogP contribution in [0.5, 0.6) is 0 Å². The quantitative estimate of drug-likeness (QED) is 0.678. The minimum absolute atomic E-state index is 0.320. The van der Waals surface area contributed by atoms with Crippen LogP contribution < -0.4 is 4.80 Å². The minimum atomic E-state index is -0.320. The second-order valence-corrected chi connectivity index (χ2v) is 5.18. The van der Waals surface area contributed by atoms with Crippen LogP contribution >= 0.6 is 11.3 Å². The molecule has 3 aromatic heterocycles. The van der Waals surface area contributed by atoms with Crippen LogP contribution in [0.15, 0.2) is 41.1 Å². The Morgan fingerprint density at radius 2 is 2.26 bits per heavy atom. The zero-order valence-electron chi connectivity index (χ0n) is 10.6. The first kappa shape index (κ1) is 11.9. The standard InChI is InChI=1S/C13H12N4OS/c1-9-3-4-17-8-10(14-11(17)7-9)12(18)15-13-16(2)5-6-19-13/h3-8H,1-2H3. The van der Waals surface area contributed by atoms with Gasteiger partial charge in [0.05, 0.1) is 0 Å². The molecule has 3 heterocycles. The van der Waals surface area contributed by atoms with Crippen molar-refractivity contribution in [2.75, 3.05) is 0 Å². The number of thiazole rings is 1. The highest BCUT2D eigenvalue weighted by atomic mass is 32.1. The third-order valence-electron chi connectivity index (χ3n) is 2.79. The number of pyridine rings is 1. The lowest BCUT2D eigenvalue weighted by Crippen LogP contribution is -2.12. The molecule has 0 fully saturated rings. The summed E-state index contributed by atoms with van der Waals surface area (Å²) in [5, 5.41) is 1.89. The highest BCUT2D eigenvalue weighted by Crippen LogP contribution is 2.08. The summed E-state index contributed by atoms with van der Waals surface area (Å²) >= 11 is 1.42. The zero-order chi connectivity index (χ0) is 13.4. The average Bonchev–Trinajstić information content (AvgIpc) is 2.96. The Balaban J connectivity index is 2.05. The van der Waals surface area contributed by atoms with E-state index in [4.69, 9.17) is 0 Å². The lowest BCUT2D eigenvalue weighted by Gasteiger charge is -1.92. The summed E-state index contributed by atoms with van der Waals surface area (Å²) in [4.78, 5) is 21.1. The predicted molar refractivity (Wildman–Crippen MR) is 73.1 cm³/mol. The number of nitrogens with zero attached hydrogens (tertiary/aromatic N) is 4. The fourth-order valence-corrected chi connectivity index (χ4v) is 2.49. The van der Waals surface area contributed by atoms with Gasteiger partial charge in [0.15, 0.2) is 4.80 Å². The maximum absolute atomic E-state index is 12.1. The van der Waals surface area contributed by atoms with Crippen LogP contribution in [0, 0.1) is 6.92 Å². The average molecular weight is 272 g/mol. The molecule has 0 aliphatic rings. The normalized spacial score (nSPS) is 12.2. The van der Waals surface area contributed by atoms with Crippen molar-refractivity contribution in [1.82, 2.24) is 14.0 Å². The Hall–Kier alpha value is -2.21. The van der Waals surface area contributed by atoms with Crippen molar-refractivity contribution in [1.29, 1.82) is 0 Å². The fourth-order valence-electron chi connectivity index (χ4n) is 1.77. The highest BCUT2D eigenvalue weighted by Gasteiger charge is 2.10. The Bertz CT molecular complexity index is 824. The Morgan fingerprint density at radius 1 is 1.42 bits per heavy atom. The SMILES string of the molecule is Cc1ccn2cc(C(=O)N=c3sccn3C)nc2c1. The van der Waals surface area contributed by atoms with Crippen molar-refractivity contribution < 1.29 is 4.79 Å². The van der Waals surface area contributed by atoms with Gasteiger partial charge in [-0.05, 0) is 24.6 Å². The van der Waals surface area contributed by atoms with E-state index in [-0.39, 0.29) is 5.91 Å². The molecule has 1 amide bonds. The van der Waals surface area contributed by atoms with E-state index in [2.05, 4.69) is 9.98 Å². The van der Waals surface area contributed by atoms with Gasteiger partial charge >= 0.3 is 0 Å². The molecular formula is C13H12N4OS.